The Kier molecular flexibility index (Phi) is 5.38. The van der Waals surface area contributed by atoms with Crippen LogP contribution in [-0.4, -0.2) is 26.6 Å². The maximum absolute atomic E-state index is 13.5. The summed E-state index contributed by atoms with van der Waals surface area (Å²) in [4.78, 5) is 26.6. The first-order valence-electron chi connectivity index (χ1n) is 7.61. The van der Waals surface area contributed by atoms with Gasteiger partial charge in [0.05, 0.1) is 5.69 Å². The van der Waals surface area contributed by atoms with Gasteiger partial charge in [0, 0.05) is 22.9 Å². The molecule has 0 unspecified atom stereocenters. The van der Waals surface area contributed by atoms with Crippen molar-refractivity contribution in [3.8, 4) is 16.4 Å². The predicted octanol–water partition coefficient (Wildman–Crippen LogP) is 3.45. The highest BCUT2D eigenvalue weighted by molar-refractivity contribution is 7.12. The number of carbonyl (C=O) groups excluding carboxylic acids is 2. The number of benzene rings is 1. The second-order valence-corrected chi connectivity index (χ2v) is 6.75. The van der Waals surface area contributed by atoms with E-state index in [4.69, 9.17) is 11.6 Å². The molecule has 0 fully saturated rings. The van der Waals surface area contributed by atoms with Crippen molar-refractivity contribution < 1.29 is 22.8 Å². The molecule has 2 heterocycles. The molecule has 0 aliphatic heterocycles. The number of nitrogens with zero attached hydrogens (tertiary/aromatic N) is 3. The fraction of sp³-hybridized carbons (Fsp3) is 0.125. The molecule has 0 bridgehead atoms. The number of alkyl halides is 3. The first-order chi connectivity index (χ1) is 13.1. The fourth-order valence-electron chi connectivity index (χ4n) is 2.17. The monoisotopic (exact) mass is 429 g/mol. The quantitative estimate of drug-likeness (QED) is 0.624. The summed E-state index contributed by atoms with van der Waals surface area (Å²) in [5.41, 5.74) is 3.47. The molecule has 2 aromatic heterocycles. The van der Waals surface area contributed by atoms with E-state index in [0.717, 1.165) is 17.4 Å². The minimum Gasteiger partial charge on any atom is -0.274 e. The summed E-state index contributed by atoms with van der Waals surface area (Å²) in [5, 5.41) is 5.54. The van der Waals surface area contributed by atoms with Crippen LogP contribution in [0.1, 0.15) is 23.1 Å². The van der Waals surface area contributed by atoms with E-state index in [1.807, 2.05) is 0 Å². The summed E-state index contributed by atoms with van der Waals surface area (Å²) in [6, 6.07) is 7.06. The Morgan fingerprint density at radius 2 is 1.86 bits per heavy atom. The Balaban J connectivity index is 1.98. The number of halogens is 4. The zero-order chi connectivity index (χ0) is 20.5. The average molecular weight is 430 g/mol. The van der Waals surface area contributed by atoms with Crippen LogP contribution in [0.3, 0.4) is 0 Å². The van der Waals surface area contributed by atoms with Crippen molar-refractivity contribution in [2.75, 3.05) is 0 Å². The second kappa shape index (κ2) is 7.60. The molecule has 3 aromatic rings. The SMILES string of the molecule is CC(=O)NNC(=O)c1csc(-n2nc(-c3ccc(Cl)cc3)cc2C(F)(F)F)n1. The van der Waals surface area contributed by atoms with E-state index >= 15 is 0 Å². The maximum atomic E-state index is 13.5. The smallest absolute Gasteiger partial charge is 0.274 e. The highest BCUT2D eigenvalue weighted by Crippen LogP contribution is 2.34. The lowest BCUT2D eigenvalue weighted by Gasteiger charge is -2.07. The zero-order valence-electron chi connectivity index (χ0n) is 14.0. The van der Waals surface area contributed by atoms with E-state index in [9.17, 15) is 22.8 Å². The number of hydrogen-bond donors (Lipinski definition) is 2. The molecule has 2 amide bonds. The summed E-state index contributed by atoms with van der Waals surface area (Å²) >= 11 is 6.60. The fourth-order valence-corrected chi connectivity index (χ4v) is 3.06. The Hall–Kier alpha value is -2.92. The molecule has 12 heteroatoms. The van der Waals surface area contributed by atoms with Gasteiger partial charge < -0.3 is 0 Å². The number of carbonyl (C=O) groups is 2. The van der Waals surface area contributed by atoms with Gasteiger partial charge in [-0.05, 0) is 18.2 Å². The average Bonchev–Trinajstić information content (AvgIpc) is 3.27. The van der Waals surface area contributed by atoms with Gasteiger partial charge in [0.1, 0.15) is 5.69 Å². The topological polar surface area (TPSA) is 88.9 Å². The number of rotatable bonds is 3. The molecule has 3 rings (SSSR count). The van der Waals surface area contributed by atoms with Gasteiger partial charge in [-0.2, -0.15) is 18.3 Å². The Morgan fingerprint density at radius 1 is 1.18 bits per heavy atom. The standard InChI is InChI=1S/C16H11ClF3N5O2S/c1-8(26)22-23-14(27)12-7-28-15(21-12)25-13(16(18,19)20)6-11(24-25)9-2-4-10(17)5-3-9/h2-7H,1H3,(H,22,26)(H,23,27). The van der Waals surface area contributed by atoms with E-state index < -0.39 is 23.7 Å². The van der Waals surface area contributed by atoms with Gasteiger partial charge in [0.2, 0.25) is 11.0 Å². The lowest BCUT2D eigenvalue weighted by atomic mass is 10.1. The Morgan fingerprint density at radius 3 is 2.46 bits per heavy atom. The third-order valence-corrected chi connectivity index (χ3v) is 4.47. The molecule has 7 nitrogen and oxygen atoms in total. The van der Waals surface area contributed by atoms with Gasteiger partial charge in [-0.15, -0.1) is 11.3 Å². The minimum atomic E-state index is -4.69. The molecule has 0 spiro atoms. The Labute approximate surface area is 165 Å². The van der Waals surface area contributed by atoms with Crippen LogP contribution in [0.5, 0.6) is 0 Å². The van der Waals surface area contributed by atoms with Crippen LogP contribution in [0.2, 0.25) is 5.02 Å². The second-order valence-electron chi connectivity index (χ2n) is 5.48. The molecule has 0 saturated carbocycles. The van der Waals surface area contributed by atoms with E-state index in [2.05, 4.69) is 20.9 Å². The highest BCUT2D eigenvalue weighted by atomic mass is 35.5. The molecule has 0 aliphatic rings. The van der Waals surface area contributed by atoms with Gasteiger partial charge in [-0.25, -0.2) is 9.67 Å². The molecule has 0 saturated heterocycles. The highest BCUT2D eigenvalue weighted by Gasteiger charge is 2.37. The van der Waals surface area contributed by atoms with Crippen LogP contribution in [0.4, 0.5) is 13.2 Å². The number of amides is 2. The van der Waals surface area contributed by atoms with Crippen molar-refractivity contribution in [1.82, 2.24) is 25.6 Å². The Bertz CT molecular complexity index is 1030. The first kappa shape index (κ1) is 19.8. The van der Waals surface area contributed by atoms with Crippen LogP contribution < -0.4 is 10.9 Å². The van der Waals surface area contributed by atoms with Gasteiger partial charge >= 0.3 is 6.18 Å². The summed E-state index contributed by atoms with van der Waals surface area (Å²) in [5.74, 6) is -1.28. The van der Waals surface area contributed by atoms with Crippen molar-refractivity contribution >= 4 is 34.8 Å². The van der Waals surface area contributed by atoms with Crippen LogP contribution in [0.25, 0.3) is 16.4 Å². The number of thiazole rings is 1. The summed E-state index contributed by atoms with van der Waals surface area (Å²) in [6.45, 7) is 1.18. The zero-order valence-corrected chi connectivity index (χ0v) is 15.6. The molecule has 28 heavy (non-hydrogen) atoms. The van der Waals surface area contributed by atoms with Gasteiger partial charge in [0.25, 0.3) is 5.91 Å². The van der Waals surface area contributed by atoms with E-state index in [1.54, 1.807) is 12.1 Å². The largest absolute Gasteiger partial charge is 0.433 e. The molecule has 0 radical (unpaired) electrons. The molecule has 2 N–H and O–H groups in total. The molecular formula is C16H11ClF3N5O2S. The third kappa shape index (κ3) is 4.31. The van der Waals surface area contributed by atoms with E-state index in [0.29, 0.717) is 15.3 Å². The summed E-state index contributed by atoms with van der Waals surface area (Å²) < 4.78 is 41.0. The van der Waals surface area contributed by atoms with E-state index in [-0.39, 0.29) is 16.5 Å². The first-order valence-corrected chi connectivity index (χ1v) is 8.87. The normalized spacial score (nSPS) is 11.3. The summed E-state index contributed by atoms with van der Waals surface area (Å²) in [7, 11) is 0. The van der Waals surface area contributed by atoms with Crippen LogP contribution in [-0.2, 0) is 11.0 Å². The lowest BCUT2D eigenvalue weighted by molar-refractivity contribution is -0.142. The number of hydrogen-bond acceptors (Lipinski definition) is 5. The predicted molar refractivity (Wildman–Crippen MR) is 96.0 cm³/mol. The number of nitrogens with one attached hydrogen (secondary N) is 2. The molecule has 146 valence electrons. The summed E-state index contributed by atoms with van der Waals surface area (Å²) in [6.07, 6.45) is -4.69. The number of aromatic nitrogens is 3. The van der Waals surface area contributed by atoms with Crippen molar-refractivity contribution in [2.45, 2.75) is 13.1 Å². The molecule has 1 aromatic carbocycles. The third-order valence-electron chi connectivity index (χ3n) is 3.40. The van der Waals surface area contributed by atoms with Crippen LogP contribution in [0.15, 0.2) is 35.7 Å². The van der Waals surface area contributed by atoms with Gasteiger partial charge in [0.15, 0.2) is 5.69 Å². The van der Waals surface area contributed by atoms with Gasteiger partial charge in [-0.3, -0.25) is 20.4 Å². The van der Waals surface area contributed by atoms with Crippen LogP contribution in [0, 0.1) is 0 Å². The van der Waals surface area contributed by atoms with E-state index in [1.165, 1.54) is 24.4 Å². The molecular weight excluding hydrogens is 419 g/mol. The molecule has 0 atom stereocenters. The van der Waals surface area contributed by atoms with Crippen molar-refractivity contribution in [3.05, 3.63) is 52.1 Å². The van der Waals surface area contributed by atoms with Crippen LogP contribution >= 0.6 is 22.9 Å². The van der Waals surface area contributed by atoms with Gasteiger partial charge in [-0.1, -0.05) is 23.7 Å². The van der Waals surface area contributed by atoms with Crippen molar-refractivity contribution in [3.63, 3.8) is 0 Å². The number of hydrazine groups is 1. The lowest BCUT2D eigenvalue weighted by Crippen LogP contribution is -2.40. The maximum Gasteiger partial charge on any atom is 0.433 e. The van der Waals surface area contributed by atoms with Crippen molar-refractivity contribution in [2.24, 2.45) is 0 Å². The van der Waals surface area contributed by atoms with Crippen molar-refractivity contribution in [1.29, 1.82) is 0 Å². The minimum absolute atomic E-state index is 0.0726. The molecule has 0 aliphatic carbocycles.